The first-order valence-corrected chi connectivity index (χ1v) is 6.84. The Morgan fingerprint density at radius 2 is 1.95 bits per heavy atom. The first-order valence-electron chi connectivity index (χ1n) is 6.84. The first kappa shape index (κ1) is 13.8. The lowest BCUT2D eigenvalue weighted by Crippen LogP contribution is -2.19. The fourth-order valence-corrected chi connectivity index (χ4v) is 2.46. The van der Waals surface area contributed by atoms with Crippen LogP contribution in [0, 0.1) is 13.8 Å². The minimum absolute atomic E-state index is 0.234. The Morgan fingerprint density at radius 3 is 2.58 bits per heavy atom. The smallest absolute Gasteiger partial charge is 0.0578 e. The molecule has 2 heteroatoms. The molecule has 19 heavy (non-hydrogen) atoms. The summed E-state index contributed by atoms with van der Waals surface area (Å²) < 4.78 is 0. The van der Waals surface area contributed by atoms with Crippen molar-refractivity contribution in [1.29, 1.82) is 0 Å². The van der Waals surface area contributed by atoms with Crippen molar-refractivity contribution >= 4 is 0 Å². The van der Waals surface area contributed by atoms with Crippen LogP contribution in [0.2, 0.25) is 0 Å². The fourth-order valence-electron chi connectivity index (χ4n) is 2.46. The number of hydrogen-bond donors (Lipinski definition) is 1. The number of nitrogens with one attached hydrogen (secondary N) is 1. The Kier molecular flexibility index (Phi) is 4.33. The van der Waals surface area contributed by atoms with Gasteiger partial charge < -0.3 is 5.32 Å². The van der Waals surface area contributed by atoms with Crippen molar-refractivity contribution in [2.75, 3.05) is 7.05 Å². The van der Waals surface area contributed by atoms with E-state index in [1.165, 1.54) is 27.8 Å². The van der Waals surface area contributed by atoms with Crippen LogP contribution in [-0.2, 0) is 6.42 Å². The van der Waals surface area contributed by atoms with Crippen LogP contribution >= 0.6 is 0 Å². The van der Waals surface area contributed by atoms with Crippen molar-refractivity contribution in [2.45, 2.75) is 33.2 Å². The summed E-state index contributed by atoms with van der Waals surface area (Å²) in [5, 5.41) is 3.43. The fraction of sp³-hybridized carbons (Fsp3) is 0.353. The maximum absolute atomic E-state index is 4.23. The summed E-state index contributed by atoms with van der Waals surface area (Å²) in [6.07, 6.45) is 4.85. The lowest BCUT2D eigenvalue weighted by Gasteiger charge is -2.20. The van der Waals surface area contributed by atoms with Gasteiger partial charge >= 0.3 is 0 Å². The van der Waals surface area contributed by atoms with Crippen LogP contribution < -0.4 is 5.32 Å². The quantitative estimate of drug-likeness (QED) is 0.902. The van der Waals surface area contributed by atoms with Crippen molar-refractivity contribution < 1.29 is 0 Å². The number of pyridine rings is 1. The lowest BCUT2D eigenvalue weighted by atomic mass is 9.93. The van der Waals surface area contributed by atoms with E-state index < -0.39 is 0 Å². The van der Waals surface area contributed by atoms with Crippen LogP contribution in [0.15, 0.2) is 36.7 Å². The molecule has 1 heterocycles. The van der Waals surface area contributed by atoms with Crippen LogP contribution in [0.3, 0.4) is 0 Å². The molecule has 0 saturated carbocycles. The van der Waals surface area contributed by atoms with E-state index in [1.807, 2.05) is 19.4 Å². The molecule has 2 aromatic rings. The van der Waals surface area contributed by atoms with Gasteiger partial charge in [-0.1, -0.05) is 25.1 Å². The number of hydrogen-bond acceptors (Lipinski definition) is 2. The minimum atomic E-state index is 0.234. The van der Waals surface area contributed by atoms with Crippen molar-refractivity contribution in [2.24, 2.45) is 0 Å². The van der Waals surface area contributed by atoms with Crippen molar-refractivity contribution in [3.63, 3.8) is 0 Å². The highest BCUT2D eigenvalue weighted by Gasteiger charge is 2.15. The van der Waals surface area contributed by atoms with Crippen LogP contribution in [0.1, 0.15) is 40.8 Å². The molecule has 1 aromatic carbocycles. The average molecular weight is 254 g/mol. The minimum Gasteiger partial charge on any atom is -0.309 e. The predicted octanol–water partition coefficient (Wildman–Crippen LogP) is 3.57. The Bertz CT molecular complexity index is 561. The summed E-state index contributed by atoms with van der Waals surface area (Å²) >= 11 is 0. The zero-order valence-corrected chi connectivity index (χ0v) is 12.2. The summed E-state index contributed by atoms with van der Waals surface area (Å²) in [6, 6.07) is 9.04. The number of aromatic nitrogens is 1. The first-order chi connectivity index (χ1) is 9.17. The zero-order valence-electron chi connectivity index (χ0n) is 12.2. The van der Waals surface area contributed by atoms with Gasteiger partial charge in [-0.25, -0.2) is 0 Å². The van der Waals surface area contributed by atoms with Crippen molar-refractivity contribution in [3.8, 4) is 0 Å². The molecule has 0 spiro atoms. The molecular weight excluding hydrogens is 232 g/mol. The van der Waals surface area contributed by atoms with Crippen LogP contribution in [0.5, 0.6) is 0 Å². The molecule has 1 N–H and O–H groups in total. The molecule has 0 aliphatic carbocycles. The van der Waals surface area contributed by atoms with Crippen molar-refractivity contribution in [1.82, 2.24) is 10.3 Å². The number of rotatable bonds is 4. The van der Waals surface area contributed by atoms with E-state index >= 15 is 0 Å². The summed E-state index contributed by atoms with van der Waals surface area (Å²) in [5.74, 6) is 0. The highest BCUT2D eigenvalue weighted by molar-refractivity contribution is 5.39. The van der Waals surface area contributed by atoms with E-state index in [0.29, 0.717) is 0 Å². The molecular formula is C17H22N2. The predicted molar refractivity (Wildman–Crippen MR) is 80.4 cm³/mol. The van der Waals surface area contributed by atoms with Gasteiger partial charge in [-0.2, -0.15) is 0 Å². The monoisotopic (exact) mass is 254 g/mol. The second kappa shape index (κ2) is 5.98. The van der Waals surface area contributed by atoms with Gasteiger partial charge in [-0.15, -0.1) is 0 Å². The summed E-state index contributed by atoms with van der Waals surface area (Å²) in [7, 11) is 2.01. The van der Waals surface area contributed by atoms with Crippen LogP contribution in [-0.4, -0.2) is 12.0 Å². The summed E-state index contributed by atoms with van der Waals surface area (Å²) in [5.41, 5.74) is 6.61. The van der Waals surface area contributed by atoms with E-state index in [4.69, 9.17) is 0 Å². The Hall–Kier alpha value is -1.67. The van der Waals surface area contributed by atoms with E-state index in [1.54, 1.807) is 0 Å². The van der Waals surface area contributed by atoms with E-state index in [0.717, 1.165) is 6.42 Å². The molecule has 0 bridgehead atoms. The molecule has 0 fully saturated rings. The van der Waals surface area contributed by atoms with E-state index in [2.05, 4.69) is 55.3 Å². The van der Waals surface area contributed by atoms with Gasteiger partial charge in [0.1, 0.15) is 0 Å². The second-order valence-corrected chi connectivity index (χ2v) is 4.99. The highest BCUT2D eigenvalue weighted by atomic mass is 14.9. The molecule has 0 aliphatic heterocycles. The molecule has 1 unspecified atom stereocenters. The van der Waals surface area contributed by atoms with Gasteiger partial charge in [0.25, 0.3) is 0 Å². The van der Waals surface area contributed by atoms with Gasteiger partial charge in [0.05, 0.1) is 6.04 Å². The SMILES string of the molecule is CCc1cnccc1C(NC)c1ccc(C)c(C)c1. The van der Waals surface area contributed by atoms with Gasteiger partial charge in [0.2, 0.25) is 0 Å². The largest absolute Gasteiger partial charge is 0.309 e. The normalized spacial score (nSPS) is 12.4. The topological polar surface area (TPSA) is 24.9 Å². The molecule has 0 amide bonds. The lowest BCUT2D eigenvalue weighted by molar-refractivity contribution is 0.681. The van der Waals surface area contributed by atoms with Gasteiger partial charge in [0.15, 0.2) is 0 Å². The molecule has 2 nitrogen and oxygen atoms in total. The van der Waals surface area contributed by atoms with Gasteiger partial charge in [-0.3, -0.25) is 4.98 Å². The molecule has 2 rings (SSSR count). The molecule has 0 aliphatic rings. The Balaban J connectivity index is 2.46. The van der Waals surface area contributed by atoms with E-state index in [9.17, 15) is 0 Å². The molecule has 1 aromatic heterocycles. The number of nitrogens with zero attached hydrogens (tertiary/aromatic N) is 1. The Morgan fingerprint density at radius 1 is 1.16 bits per heavy atom. The van der Waals surface area contributed by atoms with Gasteiger partial charge in [-0.05, 0) is 61.2 Å². The van der Waals surface area contributed by atoms with E-state index in [-0.39, 0.29) is 6.04 Å². The second-order valence-electron chi connectivity index (χ2n) is 4.99. The van der Waals surface area contributed by atoms with Crippen LogP contribution in [0.25, 0.3) is 0 Å². The summed E-state index contributed by atoms with van der Waals surface area (Å²) in [6.45, 7) is 6.49. The molecule has 1 atom stereocenters. The highest BCUT2D eigenvalue weighted by Crippen LogP contribution is 2.26. The maximum Gasteiger partial charge on any atom is 0.0578 e. The van der Waals surface area contributed by atoms with Gasteiger partial charge in [0, 0.05) is 12.4 Å². The third-order valence-corrected chi connectivity index (χ3v) is 3.79. The third kappa shape index (κ3) is 2.85. The zero-order chi connectivity index (χ0) is 13.8. The summed E-state index contributed by atoms with van der Waals surface area (Å²) in [4.78, 5) is 4.23. The molecule has 0 radical (unpaired) electrons. The van der Waals surface area contributed by atoms with Crippen LogP contribution in [0.4, 0.5) is 0 Å². The standard InChI is InChI=1S/C17H22N2/c1-5-14-11-19-9-8-16(14)17(18-4)15-7-6-12(2)13(3)10-15/h6-11,17-18H,5H2,1-4H3. The van der Waals surface area contributed by atoms with Crippen molar-refractivity contribution in [3.05, 3.63) is 64.5 Å². The average Bonchev–Trinajstić information content (AvgIpc) is 2.44. The molecule has 0 saturated heterocycles. The maximum atomic E-state index is 4.23. The molecule has 100 valence electrons. The number of benzene rings is 1. The number of aryl methyl sites for hydroxylation is 3. The third-order valence-electron chi connectivity index (χ3n) is 3.79. The Labute approximate surface area is 115 Å².